The molecule has 0 aliphatic heterocycles. The Morgan fingerprint density at radius 1 is 1.17 bits per heavy atom. The maximum atomic E-state index is 12.3. The minimum absolute atomic E-state index is 0.349. The Labute approximate surface area is 154 Å². The highest BCUT2D eigenvalue weighted by Crippen LogP contribution is 2.32. The quantitative estimate of drug-likeness (QED) is 0.473. The van der Waals surface area contributed by atoms with Gasteiger partial charge in [-0.15, -0.1) is 0 Å². The fourth-order valence-electron chi connectivity index (χ4n) is 1.93. The second kappa shape index (κ2) is 7.88. The molecule has 24 heavy (non-hydrogen) atoms. The summed E-state index contributed by atoms with van der Waals surface area (Å²) in [5, 5.41) is 2.55. The zero-order valence-corrected chi connectivity index (χ0v) is 14.9. The summed E-state index contributed by atoms with van der Waals surface area (Å²) in [6.07, 6.45) is -0.506. The number of aldehydes is 1. The van der Waals surface area contributed by atoms with E-state index in [-0.39, 0.29) is 0 Å². The number of ether oxygens (including phenoxy) is 1. The molecule has 126 valence electrons. The van der Waals surface area contributed by atoms with Crippen LogP contribution < -0.4 is 10.1 Å². The zero-order valence-electron chi connectivity index (χ0n) is 12.6. The van der Waals surface area contributed by atoms with Gasteiger partial charge in [-0.2, -0.15) is 0 Å². The van der Waals surface area contributed by atoms with Crippen LogP contribution in [0.3, 0.4) is 0 Å². The van der Waals surface area contributed by atoms with Gasteiger partial charge in [0.15, 0.2) is 0 Å². The fraction of sp³-hybridized carbons (Fsp3) is 0.176. The summed E-state index contributed by atoms with van der Waals surface area (Å²) < 4.78 is 3.67. The molecule has 0 heterocycles. The van der Waals surface area contributed by atoms with E-state index in [2.05, 4.69) is 5.32 Å². The van der Waals surface area contributed by atoms with Gasteiger partial charge < -0.3 is 10.1 Å². The number of carbonyl (C=O) groups excluding carboxylic acids is 2. The number of halogens is 3. The summed E-state index contributed by atoms with van der Waals surface area (Å²) in [4.78, 5) is 23.0. The Kier molecular flexibility index (Phi) is 6.10. The largest absolute Gasteiger partial charge is 0.466 e. The van der Waals surface area contributed by atoms with Crippen LogP contribution in [0.5, 0.6) is 5.75 Å². The molecule has 0 radical (unpaired) electrons. The molecule has 0 bridgehead atoms. The fourth-order valence-corrected chi connectivity index (χ4v) is 2.23. The number of benzene rings is 2. The predicted octanol–water partition coefficient (Wildman–Crippen LogP) is 4.31. The molecule has 0 unspecified atom stereocenters. The summed E-state index contributed by atoms with van der Waals surface area (Å²) in [6.45, 7) is 1.87. The number of hydrogen-bond donors (Lipinski definition) is 1. The Morgan fingerprint density at radius 2 is 1.83 bits per heavy atom. The highest BCUT2D eigenvalue weighted by molar-refractivity contribution is 6.68. The van der Waals surface area contributed by atoms with Gasteiger partial charge in [0.05, 0.1) is 0 Å². The average Bonchev–Trinajstić information content (AvgIpc) is 2.54. The van der Waals surface area contributed by atoms with Crippen molar-refractivity contribution in [1.29, 1.82) is 0 Å². The molecule has 2 aromatic rings. The van der Waals surface area contributed by atoms with Crippen LogP contribution in [0.25, 0.3) is 0 Å². The van der Waals surface area contributed by atoms with Crippen LogP contribution in [0, 0.1) is 6.92 Å². The van der Waals surface area contributed by atoms with E-state index >= 15 is 0 Å². The van der Waals surface area contributed by atoms with Gasteiger partial charge in [-0.25, -0.2) is 0 Å². The molecule has 0 saturated heterocycles. The van der Waals surface area contributed by atoms with Gasteiger partial charge in [0.25, 0.3) is 5.91 Å². The summed E-state index contributed by atoms with van der Waals surface area (Å²) in [7, 11) is 0. The molecule has 4 nitrogen and oxygen atoms in total. The van der Waals surface area contributed by atoms with Crippen molar-refractivity contribution in [1.82, 2.24) is 5.32 Å². The number of aryl methyl sites for hydroxylation is 1. The molecule has 0 fully saturated rings. The van der Waals surface area contributed by atoms with Crippen LogP contribution >= 0.6 is 34.8 Å². The van der Waals surface area contributed by atoms with Crippen LogP contribution in [-0.2, 0) is 0 Å². The first-order valence-electron chi connectivity index (χ1n) is 6.96. The smallest absolute Gasteiger partial charge is 0.254 e. The molecule has 0 aromatic heterocycles. The lowest BCUT2D eigenvalue weighted by atomic mass is 10.1. The molecule has 1 atom stereocenters. The number of carbonyl (C=O) groups is 2. The molecule has 1 amide bonds. The second-order valence-corrected chi connectivity index (χ2v) is 7.44. The molecule has 0 aliphatic rings. The Bertz CT molecular complexity index is 727. The van der Waals surface area contributed by atoms with Gasteiger partial charge in [0.2, 0.25) is 10.0 Å². The van der Waals surface area contributed by atoms with Crippen LogP contribution in [0.2, 0.25) is 0 Å². The first-order chi connectivity index (χ1) is 11.3. The summed E-state index contributed by atoms with van der Waals surface area (Å²) in [5.74, 6) is -0.0824. The maximum Gasteiger partial charge on any atom is 0.254 e. The number of hydrogen-bond acceptors (Lipinski definition) is 3. The van der Waals surface area contributed by atoms with E-state index in [9.17, 15) is 9.59 Å². The third kappa shape index (κ3) is 5.13. The van der Waals surface area contributed by atoms with Gasteiger partial charge >= 0.3 is 0 Å². The van der Waals surface area contributed by atoms with Crippen molar-refractivity contribution in [2.45, 2.75) is 16.9 Å². The SMILES string of the molecule is Cc1cccc(C(=O)N[C@H](Oc2ccc(C=O)cc2)C(Cl)(Cl)Cl)c1. The highest BCUT2D eigenvalue weighted by Gasteiger charge is 2.36. The zero-order chi connectivity index (χ0) is 17.7. The van der Waals surface area contributed by atoms with Gasteiger partial charge in [-0.05, 0) is 43.3 Å². The van der Waals surface area contributed by atoms with E-state index in [1.165, 1.54) is 0 Å². The lowest BCUT2D eigenvalue weighted by molar-refractivity contribution is 0.0833. The molecule has 0 spiro atoms. The number of rotatable bonds is 5. The van der Waals surface area contributed by atoms with Crippen molar-refractivity contribution in [2.24, 2.45) is 0 Å². The first-order valence-corrected chi connectivity index (χ1v) is 8.09. The van der Waals surface area contributed by atoms with Gasteiger partial charge in [0, 0.05) is 11.1 Å². The van der Waals surface area contributed by atoms with Gasteiger partial charge in [-0.1, -0.05) is 52.5 Å². The average molecular weight is 387 g/mol. The van der Waals surface area contributed by atoms with Crippen molar-refractivity contribution >= 4 is 47.0 Å². The topological polar surface area (TPSA) is 55.4 Å². The molecule has 0 saturated carbocycles. The Balaban J connectivity index is 2.16. The highest BCUT2D eigenvalue weighted by atomic mass is 35.6. The monoisotopic (exact) mass is 385 g/mol. The predicted molar refractivity (Wildman–Crippen MR) is 95.2 cm³/mol. The molecule has 2 rings (SSSR count). The number of amides is 1. The van der Waals surface area contributed by atoms with Crippen molar-refractivity contribution in [3.05, 3.63) is 65.2 Å². The lowest BCUT2D eigenvalue weighted by Gasteiger charge is -2.26. The minimum atomic E-state index is -1.89. The normalized spacial score (nSPS) is 12.3. The minimum Gasteiger partial charge on any atom is -0.466 e. The van der Waals surface area contributed by atoms with E-state index in [0.29, 0.717) is 23.2 Å². The Hall–Kier alpha value is -1.75. The van der Waals surface area contributed by atoms with Crippen molar-refractivity contribution in [2.75, 3.05) is 0 Å². The van der Waals surface area contributed by atoms with Crippen molar-refractivity contribution in [3.63, 3.8) is 0 Å². The Morgan fingerprint density at radius 3 is 2.38 bits per heavy atom. The number of nitrogens with one attached hydrogen (secondary N) is 1. The summed E-state index contributed by atoms with van der Waals surface area (Å²) in [6, 6.07) is 13.2. The molecular formula is C17H14Cl3NO3. The second-order valence-electron chi connectivity index (χ2n) is 5.07. The van der Waals surface area contributed by atoms with Crippen molar-refractivity contribution in [3.8, 4) is 5.75 Å². The third-order valence-corrected chi connectivity index (χ3v) is 3.70. The van der Waals surface area contributed by atoms with Crippen LogP contribution in [0.15, 0.2) is 48.5 Å². The summed E-state index contributed by atoms with van der Waals surface area (Å²) >= 11 is 17.7. The van der Waals surface area contributed by atoms with E-state index in [1.54, 1.807) is 42.5 Å². The van der Waals surface area contributed by atoms with Crippen molar-refractivity contribution < 1.29 is 14.3 Å². The van der Waals surface area contributed by atoms with Gasteiger partial charge in [0.1, 0.15) is 12.0 Å². The summed E-state index contributed by atoms with van der Waals surface area (Å²) in [5.41, 5.74) is 1.84. The van der Waals surface area contributed by atoms with E-state index in [1.807, 2.05) is 13.0 Å². The molecular weight excluding hydrogens is 373 g/mol. The van der Waals surface area contributed by atoms with Gasteiger partial charge in [-0.3, -0.25) is 9.59 Å². The standard InChI is InChI=1S/C17H14Cl3NO3/c1-11-3-2-4-13(9-11)15(23)21-16(17(18,19)20)24-14-7-5-12(10-22)6-8-14/h2-10,16H,1H3,(H,21,23)/t16-/m1/s1. The molecule has 7 heteroatoms. The molecule has 1 N–H and O–H groups in total. The van der Waals surface area contributed by atoms with Crippen LogP contribution in [0.4, 0.5) is 0 Å². The van der Waals surface area contributed by atoms with Crippen LogP contribution in [0.1, 0.15) is 26.3 Å². The third-order valence-electron chi connectivity index (χ3n) is 3.11. The van der Waals surface area contributed by atoms with E-state index in [4.69, 9.17) is 39.5 Å². The van der Waals surface area contributed by atoms with E-state index < -0.39 is 15.9 Å². The maximum absolute atomic E-state index is 12.3. The first kappa shape index (κ1) is 18.6. The molecule has 2 aromatic carbocycles. The number of alkyl halides is 3. The van der Waals surface area contributed by atoms with E-state index in [0.717, 1.165) is 5.56 Å². The lowest BCUT2D eigenvalue weighted by Crippen LogP contribution is -2.47. The van der Waals surface area contributed by atoms with Crippen LogP contribution in [-0.4, -0.2) is 22.2 Å². The molecule has 0 aliphatic carbocycles.